The van der Waals surface area contributed by atoms with Gasteiger partial charge in [0.1, 0.15) is 6.10 Å². The number of fused-ring (bicyclic) bond motifs is 2. The number of nitrogens with one attached hydrogen (secondary N) is 1. The minimum atomic E-state index is -1.23. The number of unbranched alkanes of at least 4 members (excludes halogenated alkanes) is 2. The predicted molar refractivity (Wildman–Crippen MR) is 114 cm³/mol. The van der Waals surface area contributed by atoms with E-state index in [1.54, 1.807) is 4.57 Å². The van der Waals surface area contributed by atoms with Crippen LogP contribution in [0.2, 0.25) is 0 Å². The molecular weight excluding hydrogens is 402 g/mol. The van der Waals surface area contributed by atoms with Crippen LogP contribution in [0.25, 0.3) is 11.2 Å². The summed E-state index contributed by atoms with van der Waals surface area (Å²) in [6.07, 6.45) is 2.61. The van der Waals surface area contributed by atoms with Gasteiger partial charge >= 0.3 is 5.69 Å². The van der Waals surface area contributed by atoms with Gasteiger partial charge in [-0.3, -0.25) is 18.7 Å². The Hall–Kier alpha value is -2.46. The molecule has 0 spiro atoms. The maximum Gasteiger partial charge on any atom is 0.332 e. The average molecular weight is 434 g/mol. The second kappa shape index (κ2) is 7.90. The van der Waals surface area contributed by atoms with Crippen LogP contribution in [0.4, 0.5) is 0 Å². The molecule has 0 bridgehead atoms. The molecule has 2 aromatic heterocycles. The molecule has 2 heterocycles. The van der Waals surface area contributed by atoms with E-state index in [1.807, 2.05) is 13.8 Å². The van der Waals surface area contributed by atoms with Crippen molar-refractivity contribution in [3.8, 4) is 0 Å². The molecular formula is C21H31N5O5. The monoisotopic (exact) mass is 433 g/mol. The van der Waals surface area contributed by atoms with E-state index in [0.29, 0.717) is 25.9 Å². The lowest BCUT2D eigenvalue weighted by atomic mass is 9.98. The van der Waals surface area contributed by atoms with Crippen molar-refractivity contribution >= 4 is 17.1 Å². The summed E-state index contributed by atoms with van der Waals surface area (Å²) in [5, 5.41) is 24.1. The van der Waals surface area contributed by atoms with Crippen LogP contribution in [-0.4, -0.2) is 54.1 Å². The van der Waals surface area contributed by atoms with Gasteiger partial charge in [0, 0.05) is 26.1 Å². The van der Waals surface area contributed by atoms with Gasteiger partial charge in [-0.1, -0.05) is 26.7 Å². The summed E-state index contributed by atoms with van der Waals surface area (Å²) in [5.74, 6) is -0.620. The van der Waals surface area contributed by atoms with Crippen LogP contribution in [0.15, 0.2) is 15.9 Å². The van der Waals surface area contributed by atoms with E-state index in [1.165, 1.54) is 22.5 Å². The molecule has 5 atom stereocenters. The Labute approximate surface area is 179 Å². The van der Waals surface area contributed by atoms with Gasteiger partial charge in [0.25, 0.3) is 5.56 Å². The zero-order chi connectivity index (χ0) is 22.5. The molecule has 31 heavy (non-hydrogen) atoms. The standard InChI is InChI=1S/C21H31N5O5/c1-4-6-8-24-17-14(18(29)25(20(24)31)9-7-5-2)26(11-23-17)13-12-10-21(12,19(30)22-3)16(28)15(13)27/h11-13,15-16,27-28H,4-10H2,1-3H3,(H,22,30)/t12-,13-,15+,16+,21-/m1/s1. The summed E-state index contributed by atoms with van der Waals surface area (Å²) < 4.78 is 4.36. The summed E-state index contributed by atoms with van der Waals surface area (Å²) in [6.45, 7) is 4.76. The van der Waals surface area contributed by atoms with Gasteiger partial charge in [-0.05, 0) is 19.3 Å². The first-order valence-electron chi connectivity index (χ1n) is 11.1. The molecule has 0 unspecified atom stereocenters. The molecule has 3 N–H and O–H groups in total. The zero-order valence-electron chi connectivity index (χ0n) is 18.2. The smallest absolute Gasteiger partial charge is 0.332 e. The van der Waals surface area contributed by atoms with Crippen molar-refractivity contribution in [3.05, 3.63) is 27.2 Å². The normalized spacial score (nSPS) is 29.3. The molecule has 0 radical (unpaired) electrons. The van der Waals surface area contributed by atoms with Crippen molar-refractivity contribution < 1.29 is 15.0 Å². The second-order valence-corrected chi connectivity index (χ2v) is 8.78. The Morgan fingerprint density at radius 1 is 1.19 bits per heavy atom. The number of nitrogens with zero attached hydrogens (tertiary/aromatic N) is 4. The molecule has 4 rings (SSSR count). The number of carbonyl (C=O) groups excluding carboxylic acids is 1. The number of rotatable bonds is 8. The molecule has 2 fully saturated rings. The van der Waals surface area contributed by atoms with Crippen molar-refractivity contribution in [3.63, 3.8) is 0 Å². The maximum atomic E-state index is 13.4. The van der Waals surface area contributed by atoms with Gasteiger partial charge in [0.15, 0.2) is 11.2 Å². The van der Waals surface area contributed by atoms with E-state index < -0.39 is 29.2 Å². The number of imidazole rings is 1. The predicted octanol–water partition coefficient (Wildman–Crippen LogP) is -0.0113. The zero-order valence-corrected chi connectivity index (χ0v) is 18.2. The van der Waals surface area contributed by atoms with Crippen molar-refractivity contribution in [2.75, 3.05) is 7.05 Å². The van der Waals surface area contributed by atoms with E-state index in [4.69, 9.17) is 0 Å². The molecule has 0 saturated heterocycles. The van der Waals surface area contributed by atoms with Crippen molar-refractivity contribution in [2.24, 2.45) is 11.3 Å². The number of hydrogen-bond acceptors (Lipinski definition) is 6. The van der Waals surface area contributed by atoms with Crippen molar-refractivity contribution in [1.29, 1.82) is 0 Å². The van der Waals surface area contributed by atoms with Gasteiger partial charge < -0.3 is 20.1 Å². The Balaban J connectivity index is 1.88. The van der Waals surface area contributed by atoms with Crippen LogP contribution in [0.5, 0.6) is 0 Å². The van der Waals surface area contributed by atoms with Crippen LogP contribution in [0.1, 0.15) is 52.0 Å². The summed E-state index contributed by atoms with van der Waals surface area (Å²) in [4.78, 5) is 43.2. The van der Waals surface area contributed by atoms with E-state index in [9.17, 15) is 24.6 Å². The Morgan fingerprint density at radius 2 is 1.84 bits per heavy atom. The lowest BCUT2D eigenvalue weighted by molar-refractivity contribution is -0.132. The quantitative estimate of drug-likeness (QED) is 0.537. The number of aromatic nitrogens is 4. The number of hydrogen-bond donors (Lipinski definition) is 3. The summed E-state index contributed by atoms with van der Waals surface area (Å²) in [6, 6.07) is -0.665. The number of carbonyl (C=O) groups is 1. The Bertz CT molecular complexity index is 1120. The van der Waals surface area contributed by atoms with E-state index in [0.717, 1.165) is 19.3 Å². The summed E-state index contributed by atoms with van der Waals surface area (Å²) >= 11 is 0. The maximum absolute atomic E-state index is 13.4. The fourth-order valence-electron chi connectivity index (χ4n) is 5.25. The minimum Gasteiger partial charge on any atom is -0.389 e. The summed E-state index contributed by atoms with van der Waals surface area (Å²) in [5.41, 5.74) is -1.34. The molecule has 170 valence electrons. The van der Waals surface area contributed by atoms with Gasteiger partial charge in [-0.2, -0.15) is 0 Å². The first-order chi connectivity index (χ1) is 14.8. The fraction of sp³-hybridized carbons (Fsp3) is 0.714. The SMILES string of the molecule is CCCCn1c(=O)c2c(ncn2[C@H]2[C@H](O)[C@H](O)[C@@]3(C(=O)NC)C[C@H]23)n(CCCC)c1=O. The molecule has 10 heteroatoms. The lowest BCUT2D eigenvalue weighted by Gasteiger charge is -2.24. The minimum absolute atomic E-state index is 0.239. The lowest BCUT2D eigenvalue weighted by Crippen LogP contribution is -2.42. The molecule has 2 aromatic rings. The molecule has 1 amide bonds. The third kappa shape index (κ3) is 2.99. The summed E-state index contributed by atoms with van der Waals surface area (Å²) in [7, 11) is 1.50. The Kier molecular flexibility index (Phi) is 5.55. The largest absolute Gasteiger partial charge is 0.389 e. The van der Waals surface area contributed by atoms with Crippen molar-refractivity contribution in [1.82, 2.24) is 24.0 Å². The van der Waals surface area contributed by atoms with Crippen LogP contribution in [-0.2, 0) is 17.9 Å². The van der Waals surface area contributed by atoms with Gasteiger partial charge in [0.05, 0.1) is 23.9 Å². The third-order valence-electron chi connectivity index (χ3n) is 7.05. The van der Waals surface area contributed by atoms with Gasteiger partial charge in [0.2, 0.25) is 5.91 Å². The number of aliphatic hydroxyl groups excluding tert-OH is 2. The molecule has 0 aliphatic heterocycles. The highest BCUT2D eigenvalue weighted by Crippen LogP contribution is 2.67. The highest BCUT2D eigenvalue weighted by atomic mass is 16.3. The van der Waals surface area contributed by atoms with Crippen LogP contribution >= 0.6 is 0 Å². The second-order valence-electron chi connectivity index (χ2n) is 8.78. The molecule has 2 aliphatic carbocycles. The molecule has 2 saturated carbocycles. The molecule has 10 nitrogen and oxygen atoms in total. The first-order valence-corrected chi connectivity index (χ1v) is 11.1. The van der Waals surface area contributed by atoms with Crippen LogP contribution < -0.4 is 16.6 Å². The van der Waals surface area contributed by atoms with Crippen molar-refractivity contribution in [2.45, 2.75) is 77.3 Å². The fourth-order valence-corrected chi connectivity index (χ4v) is 5.25. The van der Waals surface area contributed by atoms with E-state index in [2.05, 4.69) is 10.3 Å². The van der Waals surface area contributed by atoms with E-state index >= 15 is 0 Å². The topological polar surface area (TPSA) is 131 Å². The molecule has 0 aromatic carbocycles. The van der Waals surface area contributed by atoms with Crippen LogP contribution in [0.3, 0.4) is 0 Å². The van der Waals surface area contributed by atoms with Gasteiger partial charge in [-0.25, -0.2) is 9.78 Å². The van der Waals surface area contributed by atoms with E-state index in [-0.39, 0.29) is 28.7 Å². The average Bonchev–Trinajstić information content (AvgIpc) is 3.28. The highest BCUT2D eigenvalue weighted by molar-refractivity contribution is 5.87. The third-order valence-corrected chi connectivity index (χ3v) is 7.05. The first kappa shape index (κ1) is 21.8. The Morgan fingerprint density at radius 3 is 2.45 bits per heavy atom. The number of amides is 1. The van der Waals surface area contributed by atoms with Crippen LogP contribution in [0, 0.1) is 11.3 Å². The molecule has 2 aliphatic rings. The highest BCUT2D eigenvalue weighted by Gasteiger charge is 2.75. The van der Waals surface area contributed by atoms with Gasteiger partial charge in [-0.15, -0.1) is 0 Å². The number of aliphatic hydroxyl groups is 2. The number of aryl methyl sites for hydroxylation is 1.